The minimum atomic E-state index is 0.638. The number of ether oxygens (including phenoxy) is 1. The lowest BCUT2D eigenvalue weighted by atomic mass is 9.94. The fourth-order valence-corrected chi connectivity index (χ4v) is 3.46. The number of rotatable bonds is 6. The first-order valence-electron chi connectivity index (χ1n) is 9.02. The lowest BCUT2D eigenvalue weighted by Gasteiger charge is -2.18. The maximum Gasteiger partial charge on any atom is 0.122 e. The van der Waals surface area contributed by atoms with Gasteiger partial charge in [-0.15, -0.1) is 0 Å². The number of halogens is 2. The van der Waals surface area contributed by atoms with Crippen molar-refractivity contribution < 1.29 is 4.74 Å². The summed E-state index contributed by atoms with van der Waals surface area (Å²) in [6, 6.07) is 9.87. The molecular formula is C22H23Cl2NO. The van der Waals surface area contributed by atoms with E-state index in [0.29, 0.717) is 10.0 Å². The minimum absolute atomic E-state index is 0.638. The third kappa shape index (κ3) is 4.49. The Bertz CT molecular complexity index is 855. The molecule has 4 heteroatoms. The van der Waals surface area contributed by atoms with Gasteiger partial charge in [0.05, 0.1) is 12.3 Å². The summed E-state index contributed by atoms with van der Waals surface area (Å²) < 4.78 is 5.95. The Morgan fingerprint density at radius 2 is 2.00 bits per heavy atom. The van der Waals surface area contributed by atoms with Crippen molar-refractivity contribution in [1.29, 1.82) is 0 Å². The van der Waals surface area contributed by atoms with Gasteiger partial charge in [-0.3, -0.25) is 4.99 Å². The van der Waals surface area contributed by atoms with E-state index in [0.717, 1.165) is 55.0 Å². The average molecular weight is 388 g/mol. The van der Waals surface area contributed by atoms with Crippen LogP contribution in [-0.2, 0) is 6.42 Å². The third-order valence-electron chi connectivity index (χ3n) is 4.48. The van der Waals surface area contributed by atoms with Gasteiger partial charge in [0.2, 0.25) is 0 Å². The Morgan fingerprint density at radius 3 is 2.77 bits per heavy atom. The zero-order valence-corrected chi connectivity index (χ0v) is 16.7. The maximum atomic E-state index is 6.26. The largest absolute Gasteiger partial charge is 0.493 e. The molecule has 0 spiro atoms. The third-order valence-corrected chi connectivity index (χ3v) is 5.04. The van der Waals surface area contributed by atoms with Gasteiger partial charge in [-0.2, -0.15) is 0 Å². The molecule has 1 heterocycles. The Hall–Kier alpha value is -1.77. The molecule has 0 atom stereocenters. The van der Waals surface area contributed by atoms with Crippen LogP contribution in [0.3, 0.4) is 0 Å². The monoisotopic (exact) mass is 387 g/mol. The Kier molecular flexibility index (Phi) is 6.39. The molecule has 0 aromatic heterocycles. The van der Waals surface area contributed by atoms with Gasteiger partial charge in [0.1, 0.15) is 5.75 Å². The van der Waals surface area contributed by atoms with E-state index in [4.69, 9.17) is 32.9 Å². The summed E-state index contributed by atoms with van der Waals surface area (Å²) in [5.74, 6) is 0.989. The number of hydrogen-bond acceptors (Lipinski definition) is 2. The fourth-order valence-electron chi connectivity index (χ4n) is 2.99. The van der Waals surface area contributed by atoms with E-state index in [-0.39, 0.29) is 0 Å². The van der Waals surface area contributed by atoms with E-state index < -0.39 is 0 Å². The topological polar surface area (TPSA) is 21.6 Å². The molecule has 2 nitrogen and oxygen atoms in total. The summed E-state index contributed by atoms with van der Waals surface area (Å²) in [5, 5.41) is 1.28. The Morgan fingerprint density at radius 1 is 1.15 bits per heavy atom. The van der Waals surface area contributed by atoms with Crippen LogP contribution in [0, 0.1) is 6.92 Å². The molecule has 0 N–H and O–H groups in total. The van der Waals surface area contributed by atoms with Crippen LogP contribution in [0.5, 0.6) is 5.75 Å². The molecule has 0 amide bonds. The SMILES string of the molecule is CCCCOc1cc2c(cc1C)C(/C=C/c1ccc(Cl)cc1Cl)=NCC2. The highest BCUT2D eigenvalue weighted by Crippen LogP contribution is 2.28. The zero-order valence-electron chi connectivity index (χ0n) is 15.2. The van der Waals surface area contributed by atoms with E-state index in [1.165, 1.54) is 11.1 Å². The molecule has 1 aliphatic rings. The summed E-state index contributed by atoms with van der Waals surface area (Å²) in [6.45, 7) is 5.82. The summed E-state index contributed by atoms with van der Waals surface area (Å²) in [4.78, 5) is 4.70. The lowest BCUT2D eigenvalue weighted by Crippen LogP contribution is -2.12. The van der Waals surface area contributed by atoms with Gasteiger partial charge >= 0.3 is 0 Å². The van der Waals surface area contributed by atoms with Crippen LogP contribution < -0.4 is 4.74 Å². The molecule has 0 saturated carbocycles. The number of benzene rings is 2. The highest BCUT2D eigenvalue weighted by molar-refractivity contribution is 6.35. The first-order valence-corrected chi connectivity index (χ1v) is 9.78. The molecule has 0 radical (unpaired) electrons. The Balaban J connectivity index is 1.84. The smallest absolute Gasteiger partial charge is 0.122 e. The number of nitrogens with zero attached hydrogens (tertiary/aromatic N) is 1. The predicted octanol–water partition coefficient (Wildman–Crippen LogP) is 6.54. The van der Waals surface area contributed by atoms with Crippen LogP contribution >= 0.6 is 23.2 Å². The van der Waals surface area contributed by atoms with Gasteiger partial charge in [0.15, 0.2) is 0 Å². The zero-order chi connectivity index (χ0) is 18.5. The normalized spacial score (nSPS) is 13.6. The van der Waals surface area contributed by atoms with Crippen molar-refractivity contribution in [2.45, 2.75) is 33.1 Å². The fraction of sp³-hybridized carbons (Fsp3) is 0.318. The predicted molar refractivity (Wildman–Crippen MR) is 112 cm³/mol. The Labute approximate surface area is 165 Å². The average Bonchev–Trinajstić information content (AvgIpc) is 2.62. The van der Waals surface area contributed by atoms with E-state index in [9.17, 15) is 0 Å². The number of unbranched alkanes of at least 4 members (excludes halogenated alkanes) is 1. The molecule has 3 rings (SSSR count). The van der Waals surface area contributed by atoms with Crippen molar-refractivity contribution in [3.8, 4) is 5.75 Å². The second-order valence-electron chi connectivity index (χ2n) is 6.49. The number of aryl methyl sites for hydroxylation is 1. The van der Waals surface area contributed by atoms with Crippen LogP contribution in [0.15, 0.2) is 41.4 Å². The first kappa shape index (κ1) is 19.0. The molecular weight excluding hydrogens is 365 g/mol. The summed E-state index contributed by atoms with van der Waals surface area (Å²) in [7, 11) is 0. The number of aliphatic imine (C=N–C) groups is 1. The summed E-state index contributed by atoms with van der Waals surface area (Å²) >= 11 is 12.2. The van der Waals surface area contributed by atoms with Crippen molar-refractivity contribution in [2.24, 2.45) is 4.99 Å². The van der Waals surface area contributed by atoms with Crippen LogP contribution in [-0.4, -0.2) is 18.9 Å². The van der Waals surface area contributed by atoms with E-state index in [1.54, 1.807) is 6.07 Å². The highest BCUT2D eigenvalue weighted by atomic mass is 35.5. The van der Waals surface area contributed by atoms with Crippen molar-refractivity contribution in [3.05, 3.63) is 68.7 Å². The second kappa shape index (κ2) is 8.75. The number of fused-ring (bicyclic) bond motifs is 1. The molecule has 0 unspecified atom stereocenters. The number of allylic oxidation sites excluding steroid dienone is 1. The van der Waals surface area contributed by atoms with Crippen molar-refractivity contribution in [2.75, 3.05) is 13.2 Å². The van der Waals surface area contributed by atoms with E-state index in [2.05, 4.69) is 26.0 Å². The van der Waals surface area contributed by atoms with Gasteiger partial charge in [-0.05, 0) is 66.8 Å². The molecule has 26 heavy (non-hydrogen) atoms. The molecule has 1 aliphatic heterocycles. The molecule has 0 aliphatic carbocycles. The van der Waals surface area contributed by atoms with Crippen molar-refractivity contribution in [1.82, 2.24) is 0 Å². The maximum absolute atomic E-state index is 6.26. The van der Waals surface area contributed by atoms with Crippen molar-refractivity contribution >= 4 is 35.0 Å². The molecule has 136 valence electrons. The molecule has 2 aromatic carbocycles. The van der Waals surface area contributed by atoms with Crippen molar-refractivity contribution in [3.63, 3.8) is 0 Å². The standard InChI is InChI=1S/C22H23Cl2NO/c1-3-4-11-26-22-13-17-9-10-25-21(19(17)12-15(22)2)8-6-16-5-7-18(23)14-20(16)24/h5-8,12-14H,3-4,9-11H2,1-2H3/b8-6+. The number of hydrogen-bond donors (Lipinski definition) is 0. The van der Waals surface area contributed by atoms with Crippen LogP contribution in [0.1, 0.15) is 42.0 Å². The second-order valence-corrected chi connectivity index (χ2v) is 7.34. The molecule has 0 fully saturated rings. The van der Waals surface area contributed by atoms with Gasteiger partial charge in [-0.1, -0.05) is 48.7 Å². The van der Waals surface area contributed by atoms with Crippen LogP contribution in [0.25, 0.3) is 6.08 Å². The minimum Gasteiger partial charge on any atom is -0.493 e. The van der Waals surface area contributed by atoms with Crippen LogP contribution in [0.2, 0.25) is 10.0 Å². The molecule has 0 bridgehead atoms. The van der Waals surface area contributed by atoms with E-state index in [1.807, 2.05) is 24.3 Å². The van der Waals surface area contributed by atoms with Gasteiger partial charge in [-0.25, -0.2) is 0 Å². The summed E-state index contributed by atoms with van der Waals surface area (Å²) in [5.41, 5.74) is 5.53. The lowest BCUT2D eigenvalue weighted by molar-refractivity contribution is 0.307. The molecule has 2 aromatic rings. The van der Waals surface area contributed by atoms with E-state index >= 15 is 0 Å². The van der Waals surface area contributed by atoms with Crippen LogP contribution in [0.4, 0.5) is 0 Å². The van der Waals surface area contributed by atoms with Gasteiger partial charge in [0, 0.05) is 22.2 Å². The van der Waals surface area contributed by atoms with Gasteiger partial charge < -0.3 is 4.74 Å². The molecule has 0 saturated heterocycles. The summed E-state index contributed by atoms with van der Waals surface area (Å²) in [6.07, 6.45) is 7.18. The quantitative estimate of drug-likeness (QED) is 0.515. The highest BCUT2D eigenvalue weighted by Gasteiger charge is 2.15. The first-order chi connectivity index (χ1) is 12.6. The van der Waals surface area contributed by atoms with Gasteiger partial charge in [0.25, 0.3) is 0 Å².